The van der Waals surface area contributed by atoms with Crippen LogP contribution in [0.3, 0.4) is 0 Å². The highest BCUT2D eigenvalue weighted by molar-refractivity contribution is 4.74. The van der Waals surface area contributed by atoms with Crippen molar-refractivity contribution in [3.05, 3.63) is 0 Å². The summed E-state index contributed by atoms with van der Waals surface area (Å²) < 4.78 is 0. The Bertz CT molecular complexity index is 114. The molecule has 2 nitrogen and oxygen atoms in total. The average molecular weight is 170 g/mol. The van der Waals surface area contributed by atoms with E-state index in [4.69, 9.17) is 0 Å². The van der Waals surface area contributed by atoms with Gasteiger partial charge in [0.2, 0.25) is 0 Å². The van der Waals surface area contributed by atoms with Crippen LogP contribution >= 0.6 is 0 Å². The van der Waals surface area contributed by atoms with E-state index in [2.05, 4.69) is 24.2 Å². The van der Waals surface area contributed by atoms with Crippen LogP contribution in [0.2, 0.25) is 0 Å². The Kier molecular flexibility index (Phi) is 4.02. The lowest BCUT2D eigenvalue weighted by molar-refractivity contribution is 0.196. The summed E-state index contributed by atoms with van der Waals surface area (Å²) in [5, 5.41) is 3.26. The monoisotopic (exact) mass is 170 g/mol. The van der Waals surface area contributed by atoms with E-state index in [0.29, 0.717) is 6.04 Å². The van der Waals surface area contributed by atoms with Crippen LogP contribution in [0.15, 0.2) is 0 Å². The summed E-state index contributed by atoms with van der Waals surface area (Å²) in [5.74, 6) is 0.999. The summed E-state index contributed by atoms with van der Waals surface area (Å²) >= 11 is 0. The molecule has 1 aliphatic rings. The zero-order valence-electron chi connectivity index (χ0n) is 8.64. The van der Waals surface area contributed by atoms with Crippen LogP contribution in [0.1, 0.15) is 26.2 Å². The van der Waals surface area contributed by atoms with Crippen molar-refractivity contribution in [2.75, 3.05) is 27.2 Å². The second kappa shape index (κ2) is 4.83. The Morgan fingerprint density at radius 2 is 2.17 bits per heavy atom. The highest BCUT2D eigenvalue weighted by Crippen LogP contribution is 2.26. The van der Waals surface area contributed by atoms with Crippen LogP contribution in [-0.2, 0) is 0 Å². The molecule has 0 aromatic rings. The van der Waals surface area contributed by atoms with E-state index >= 15 is 0 Å². The molecular formula is C10H22N2. The van der Waals surface area contributed by atoms with Crippen molar-refractivity contribution in [3.8, 4) is 0 Å². The van der Waals surface area contributed by atoms with Crippen molar-refractivity contribution in [1.82, 2.24) is 10.2 Å². The molecule has 0 aliphatic heterocycles. The van der Waals surface area contributed by atoms with Crippen LogP contribution in [0, 0.1) is 5.92 Å². The van der Waals surface area contributed by atoms with Gasteiger partial charge >= 0.3 is 0 Å². The van der Waals surface area contributed by atoms with E-state index in [1.54, 1.807) is 0 Å². The topological polar surface area (TPSA) is 15.3 Å². The molecule has 1 unspecified atom stereocenters. The highest BCUT2D eigenvalue weighted by Gasteiger charge is 2.19. The van der Waals surface area contributed by atoms with Crippen molar-refractivity contribution >= 4 is 0 Å². The predicted molar refractivity (Wildman–Crippen MR) is 53.4 cm³/mol. The van der Waals surface area contributed by atoms with Gasteiger partial charge in [0.1, 0.15) is 0 Å². The molecule has 0 bridgehead atoms. The van der Waals surface area contributed by atoms with Gasteiger partial charge in [-0.1, -0.05) is 6.42 Å². The van der Waals surface area contributed by atoms with Gasteiger partial charge < -0.3 is 10.2 Å². The first-order chi connectivity index (χ1) is 5.72. The Labute approximate surface area is 76.3 Å². The molecule has 0 saturated heterocycles. The summed E-state index contributed by atoms with van der Waals surface area (Å²) in [5.41, 5.74) is 0. The Morgan fingerprint density at radius 3 is 2.58 bits per heavy atom. The fourth-order valence-corrected chi connectivity index (χ4v) is 1.75. The molecule has 2 heteroatoms. The van der Waals surface area contributed by atoms with Crippen LogP contribution in [0.25, 0.3) is 0 Å². The zero-order chi connectivity index (χ0) is 8.97. The van der Waals surface area contributed by atoms with Gasteiger partial charge in [-0.25, -0.2) is 0 Å². The summed E-state index contributed by atoms with van der Waals surface area (Å²) in [6, 6.07) is 0.620. The Balaban J connectivity index is 2.05. The fourth-order valence-electron chi connectivity index (χ4n) is 1.75. The van der Waals surface area contributed by atoms with Gasteiger partial charge in [-0.2, -0.15) is 0 Å². The summed E-state index contributed by atoms with van der Waals surface area (Å²) in [7, 11) is 4.26. The third-order valence-corrected chi connectivity index (χ3v) is 2.87. The minimum Gasteiger partial charge on any atom is -0.316 e. The van der Waals surface area contributed by atoms with E-state index in [1.165, 1.54) is 32.4 Å². The van der Waals surface area contributed by atoms with E-state index in [1.807, 2.05) is 7.05 Å². The van der Waals surface area contributed by atoms with Crippen LogP contribution in [-0.4, -0.2) is 38.1 Å². The molecule has 0 spiro atoms. The van der Waals surface area contributed by atoms with Gasteiger partial charge in [-0.15, -0.1) is 0 Å². The molecule has 1 rings (SSSR count). The lowest BCUT2D eigenvalue weighted by Gasteiger charge is -2.31. The first kappa shape index (κ1) is 10.0. The predicted octanol–water partition coefficient (Wildman–Crippen LogP) is 1.33. The summed E-state index contributed by atoms with van der Waals surface area (Å²) in [6.45, 7) is 4.70. The van der Waals surface area contributed by atoms with E-state index in [9.17, 15) is 0 Å². The number of nitrogens with one attached hydrogen (secondary N) is 1. The first-order valence-electron chi connectivity index (χ1n) is 5.08. The normalized spacial score (nSPS) is 21.0. The van der Waals surface area contributed by atoms with Crippen LogP contribution < -0.4 is 5.32 Å². The summed E-state index contributed by atoms with van der Waals surface area (Å²) in [6.07, 6.45) is 4.37. The van der Waals surface area contributed by atoms with Crippen molar-refractivity contribution in [1.29, 1.82) is 0 Å². The molecule has 1 fully saturated rings. The quantitative estimate of drug-likeness (QED) is 0.669. The third kappa shape index (κ3) is 3.11. The molecule has 1 aliphatic carbocycles. The molecule has 1 N–H and O–H groups in total. The number of hydrogen-bond donors (Lipinski definition) is 1. The second-order valence-corrected chi connectivity index (χ2v) is 4.21. The van der Waals surface area contributed by atoms with E-state index < -0.39 is 0 Å². The molecular weight excluding hydrogens is 148 g/mol. The van der Waals surface area contributed by atoms with Gasteiger partial charge in [0.05, 0.1) is 0 Å². The van der Waals surface area contributed by atoms with Crippen LogP contribution in [0.4, 0.5) is 0 Å². The molecule has 0 heterocycles. The SMILES string of the molecule is CNC(C)CN(C)CC1CCC1. The van der Waals surface area contributed by atoms with Crippen LogP contribution in [0.5, 0.6) is 0 Å². The van der Waals surface area contributed by atoms with E-state index in [0.717, 1.165) is 5.92 Å². The lowest BCUT2D eigenvalue weighted by atomic mass is 9.85. The molecule has 72 valence electrons. The smallest absolute Gasteiger partial charge is 0.0163 e. The molecule has 12 heavy (non-hydrogen) atoms. The molecule has 0 aromatic heterocycles. The standard InChI is InChI=1S/C10H22N2/c1-9(11-2)7-12(3)8-10-5-4-6-10/h9-11H,4-8H2,1-3H3. The Morgan fingerprint density at radius 1 is 1.50 bits per heavy atom. The number of hydrogen-bond acceptors (Lipinski definition) is 2. The Hall–Kier alpha value is -0.0800. The van der Waals surface area contributed by atoms with E-state index in [-0.39, 0.29) is 0 Å². The summed E-state index contributed by atoms with van der Waals surface area (Å²) in [4.78, 5) is 2.45. The van der Waals surface area contributed by atoms with Crippen molar-refractivity contribution < 1.29 is 0 Å². The number of nitrogens with zero attached hydrogens (tertiary/aromatic N) is 1. The minimum absolute atomic E-state index is 0.620. The molecule has 1 atom stereocenters. The molecule has 0 amide bonds. The minimum atomic E-state index is 0.620. The van der Waals surface area contributed by atoms with Crippen molar-refractivity contribution in [2.24, 2.45) is 5.92 Å². The lowest BCUT2D eigenvalue weighted by Crippen LogP contribution is -2.38. The van der Waals surface area contributed by atoms with Gasteiger partial charge in [-0.05, 0) is 39.8 Å². The maximum Gasteiger partial charge on any atom is 0.0163 e. The highest BCUT2D eigenvalue weighted by atomic mass is 15.1. The zero-order valence-corrected chi connectivity index (χ0v) is 8.64. The maximum atomic E-state index is 3.26. The first-order valence-corrected chi connectivity index (χ1v) is 5.08. The molecule has 0 radical (unpaired) electrons. The van der Waals surface area contributed by atoms with Gasteiger partial charge in [0, 0.05) is 19.1 Å². The van der Waals surface area contributed by atoms with Gasteiger partial charge in [0.25, 0.3) is 0 Å². The largest absolute Gasteiger partial charge is 0.316 e. The van der Waals surface area contributed by atoms with Crippen molar-refractivity contribution in [3.63, 3.8) is 0 Å². The number of rotatable bonds is 5. The third-order valence-electron chi connectivity index (χ3n) is 2.87. The fraction of sp³-hybridized carbons (Fsp3) is 1.00. The second-order valence-electron chi connectivity index (χ2n) is 4.21. The maximum absolute atomic E-state index is 3.26. The van der Waals surface area contributed by atoms with Gasteiger partial charge in [-0.3, -0.25) is 0 Å². The molecule has 1 saturated carbocycles. The van der Waals surface area contributed by atoms with Crippen molar-refractivity contribution in [2.45, 2.75) is 32.2 Å². The van der Waals surface area contributed by atoms with Gasteiger partial charge in [0.15, 0.2) is 0 Å². The molecule has 0 aromatic carbocycles. The number of likely N-dealkylation sites (N-methyl/N-ethyl adjacent to an activating group) is 2. The average Bonchev–Trinajstić information content (AvgIpc) is 1.97.